The molecule has 0 heterocycles. The Morgan fingerprint density at radius 2 is 1.65 bits per heavy atom. The van der Waals surface area contributed by atoms with Gasteiger partial charge >= 0.3 is 0 Å². The van der Waals surface area contributed by atoms with E-state index in [-0.39, 0.29) is 5.75 Å². The molecule has 0 aliphatic carbocycles. The van der Waals surface area contributed by atoms with E-state index in [9.17, 15) is 5.11 Å². The van der Waals surface area contributed by atoms with Gasteiger partial charge in [-0.1, -0.05) is 24.3 Å². The molecule has 0 aromatic heterocycles. The molecule has 0 unspecified atom stereocenters. The van der Waals surface area contributed by atoms with Gasteiger partial charge in [-0.3, -0.25) is 0 Å². The third kappa shape index (κ3) is 3.33. The van der Waals surface area contributed by atoms with Gasteiger partial charge < -0.3 is 14.6 Å². The number of halogens is 1. The number of para-hydroxylation sites is 1. The van der Waals surface area contributed by atoms with Crippen LogP contribution in [0.3, 0.4) is 0 Å². The molecule has 0 radical (unpaired) electrons. The fourth-order valence-electron chi connectivity index (χ4n) is 1.78. The minimum atomic E-state index is 0.221. The lowest BCUT2D eigenvalue weighted by Gasteiger charge is -2.06. The summed E-state index contributed by atoms with van der Waals surface area (Å²) in [5.41, 5.74) is 1.67. The Bertz CT molecular complexity index is 613. The molecule has 3 nitrogen and oxygen atoms in total. The van der Waals surface area contributed by atoms with Crippen LogP contribution in [0.2, 0.25) is 0 Å². The first-order valence-electron chi connectivity index (χ1n) is 6.02. The Balaban J connectivity index is 2.33. The molecular weight excluding hydrogens is 320 g/mol. The molecule has 0 atom stereocenters. The fraction of sp³-hybridized carbons (Fsp3) is 0.125. The van der Waals surface area contributed by atoms with Gasteiger partial charge in [0.2, 0.25) is 0 Å². The molecule has 0 bridgehead atoms. The molecule has 0 fully saturated rings. The maximum absolute atomic E-state index is 9.93. The lowest BCUT2D eigenvalue weighted by atomic mass is 10.1. The van der Waals surface area contributed by atoms with Crippen LogP contribution in [-0.2, 0) is 0 Å². The monoisotopic (exact) mass is 334 g/mol. The number of ether oxygens (including phenoxy) is 2. The van der Waals surface area contributed by atoms with Crippen molar-refractivity contribution in [1.29, 1.82) is 0 Å². The number of phenolic OH excluding ortho intramolecular Hbond substituents is 1. The third-order valence-corrected chi connectivity index (χ3v) is 3.49. The van der Waals surface area contributed by atoms with Gasteiger partial charge in [0.25, 0.3) is 0 Å². The van der Waals surface area contributed by atoms with E-state index >= 15 is 0 Å². The standard InChI is InChI=1S/C16H15BrO3/c1-19-13-8-11(9-14(10-13)20-2)6-7-12-4-3-5-15(17)16(12)18/h3-10,18H,1-2H3. The summed E-state index contributed by atoms with van der Waals surface area (Å²) in [5.74, 6) is 1.67. The second kappa shape index (κ2) is 6.48. The van der Waals surface area contributed by atoms with Crippen molar-refractivity contribution >= 4 is 28.1 Å². The highest BCUT2D eigenvalue weighted by Gasteiger charge is 2.02. The van der Waals surface area contributed by atoms with Crippen LogP contribution in [0.5, 0.6) is 17.2 Å². The minimum Gasteiger partial charge on any atom is -0.506 e. The van der Waals surface area contributed by atoms with E-state index in [2.05, 4.69) is 15.9 Å². The molecule has 0 amide bonds. The van der Waals surface area contributed by atoms with Crippen LogP contribution >= 0.6 is 15.9 Å². The summed E-state index contributed by atoms with van der Waals surface area (Å²) < 4.78 is 11.1. The lowest BCUT2D eigenvalue weighted by Crippen LogP contribution is -1.88. The van der Waals surface area contributed by atoms with Crippen LogP contribution in [0.15, 0.2) is 40.9 Å². The molecule has 0 spiro atoms. The van der Waals surface area contributed by atoms with Crippen molar-refractivity contribution in [3.63, 3.8) is 0 Å². The summed E-state index contributed by atoms with van der Waals surface area (Å²) in [4.78, 5) is 0. The van der Waals surface area contributed by atoms with E-state index in [1.54, 1.807) is 20.3 Å². The zero-order valence-electron chi connectivity index (χ0n) is 11.3. The Hall–Kier alpha value is -1.94. The third-order valence-electron chi connectivity index (χ3n) is 2.85. The number of methoxy groups -OCH3 is 2. The first-order chi connectivity index (χ1) is 9.63. The predicted molar refractivity (Wildman–Crippen MR) is 84.3 cm³/mol. The molecule has 2 rings (SSSR count). The normalized spacial score (nSPS) is 10.8. The second-order valence-corrected chi connectivity index (χ2v) is 5.01. The first kappa shape index (κ1) is 14.5. The van der Waals surface area contributed by atoms with E-state index < -0.39 is 0 Å². The quantitative estimate of drug-likeness (QED) is 0.845. The van der Waals surface area contributed by atoms with Crippen molar-refractivity contribution in [3.8, 4) is 17.2 Å². The molecule has 2 aromatic rings. The summed E-state index contributed by atoms with van der Waals surface area (Å²) in [7, 11) is 3.23. The van der Waals surface area contributed by atoms with Crippen molar-refractivity contribution in [1.82, 2.24) is 0 Å². The van der Waals surface area contributed by atoms with Crippen LogP contribution in [-0.4, -0.2) is 19.3 Å². The minimum absolute atomic E-state index is 0.221. The van der Waals surface area contributed by atoms with E-state index in [4.69, 9.17) is 9.47 Å². The van der Waals surface area contributed by atoms with Gasteiger partial charge in [-0.15, -0.1) is 0 Å². The maximum Gasteiger partial charge on any atom is 0.136 e. The lowest BCUT2D eigenvalue weighted by molar-refractivity contribution is 0.394. The molecule has 0 saturated carbocycles. The van der Waals surface area contributed by atoms with Gasteiger partial charge in [-0.05, 0) is 39.7 Å². The number of phenols is 1. The molecule has 4 heteroatoms. The number of rotatable bonds is 4. The molecule has 2 aromatic carbocycles. The van der Waals surface area contributed by atoms with Gasteiger partial charge in [-0.2, -0.15) is 0 Å². The first-order valence-corrected chi connectivity index (χ1v) is 6.82. The van der Waals surface area contributed by atoms with E-state index in [1.165, 1.54) is 0 Å². The highest BCUT2D eigenvalue weighted by molar-refractivity contribution is 9.10. The largest absolute Gasteiger partial charge is 0.506 e. The summed E-state index contributed by atoms with van der Waals surface area (Å²) >= 11 is 3.29. The number of hydrogen-bond donors (Lipinski definition) is 1. The molecular formula is C16H15BrO3. The van der Waals surface area contributed by atoms with Crippen molar-refractivity contribution < 1.29 is 14.6 Å². The number of hydrogen-bond acceptors (Lipinski definition) is 3. The number of benzene rings is 2. The van der Waals surface area contributed by atoms with Gasteiger partial charge in [0.1, 0.15) is 17.2 Å². The summed E-state index contributed by atoms with van der Waals surface area (Å²) in [6.07, 6.45) is 3.74. The van der Waals surface area contributed by atoms with Crippen LogP contribution in [0.4, 0.5) is 0 Å². The van der Waals surface area contributed by atoms with Crippen molar-refractivity contribution in [2.45, 2.75) is 0 Å². The zero-order valence-corrected chi connectivity index (χ0v) is 12.8. The average molecular weight is 335 g/mol. The predicted octanol–water partition coefficient (Wildman–Crippen LogP) is 4.34. The van der Waals surface area contributed by atoms with Gasteiger partial charge in [0, 0.05) is 11.6 Å². The fourth-order valence-corrected chi connectivity index (χ4v) is 2.16. The van der Waals surface area contributed by atoms with Crippen LogP contribution < -0.4 is 9.47 Å². The van der Waals surface area contributed by atoms with Crippen LogP contribution in [0, 0.1) is 0 Å². The Morgan fingerprint density at radius 3 is 2.25 bits per heavy atom. The topological polar surface area (TPSA) is 38.7 Å². The maximum atomic E-state index is 9.93. The zero-order chi connectivity index (χ0) is 14.5. The van der Waals surface area contributed by atoms with Gasteiger partial charge in [-0.25, -0.2) is 0 Å². The smallest absolute Gasteiger partial charge is 0.136 e. The molecule has 1 N–H and O–H groups in total. The van der Waals surface area contributed by atoms with E-state index in [1.807, 2.05) is 42.5 Å². The molecule has 0 aliphatic heterocycles. The Labute approximate surface area is 126 Å². The van der Waals surface area contributed by atoms with E-state index in [0.717, 1.165) is 22.6 Å². The SMILES string of the molecule is COc1cc(C=Cc2cccc(Br)c2O)cc(OC)c1. The summed E-state index contributed by atoms with van der Waals surface area (Å²) in [6, 6.07) is 11.1. The number of aromatic hydroxyl groups is 1. The van der Waals surface area contributed by atoms with Gasteiger partial charge in [0.05, 0.1) is 18.7 Å². The second-order valence-electron chi connectivity index (χ2n) is 4.16. The molecule has 104 valence electrons. The molecule has 0 aliphatic rings. The van der Waals surface area contributed by atoms with E-state index in [0.29, 0.717) is 4.47 Å². The van der Waals surface area contributed by atoms with Crippen molar-refractivity contribution in [3.05, 3.63) is 52.0 Å². The Morgan fingerprint density at radius 1 is 1.00 bits per heavy atom. The highest BCUT2D eigenvalue weighted by Crippen LogP contribution is 2.29. The average Bonchev–Trinajstić information content (AvgIpc) is 2.48. The molecule has 20 heavy (non-hydrogen) atoms. The van der Waals surface area contributed by atoms with Gasteiger partial charge in [0.15, 0.2) is 0 Å². The summed E-state index contributed by atoms with van der Waals surface area (Å²) in [6.45, 7) is 0. The van der Waals surface area contributed by atoms with Crippen LogP contribution in [0.25, 0.3) is 12.2 Å². The molecule has 0 saturated heterocycles. The van der Waals surface area contributed by atoms with Crippen LogP contribution in [0.1, 0.15) is 11.1 Å². The summed E-state index contributed by atoms with van der Waals surface area (Å²) in [5, 5.41) is 9.93. The van der Waals surface area contributed by atoms with Crippen molar-refractivity contribution in [2.75, 3.05) is 14.2 Å². The highest BCUT2D eigenvalue weighted by atomic mass is 79.9. The Kier molecular flexibility index (Phi) is 4.69. The van der Waals surface area contributed by atoms with Crippen molar-refractivity contribution in [2.24, 2.45) is 0 Å².